The molecule has 0 unspecified atom stereocenters. The molecule has 6 heteroatoms. The fourth-order valence-corrected chi connectivity index (χ4v) is 1.40. The molecular weight excluding hydrogens is 220 g/mol. The maximum atomic E-state index is 10.1. The molecule has 0 aromatic carbocycles. The van der Waals surface area contributed by atoms with E-state index in [-0.39, 0.29) is 0 Å². The molecule has 6 nitrogen and oxygen atoms in total. The Kier molecular flexibility index (Phi) is 12.6. The molecule has 0 heterocycles. The van der Waals surface area contributed by atoms with Crippen molar-refractivity contribution < 1.29 is 9.90 Å². The van der Waals surface area contributed by atoms with Crippen molar-refractivity contribution in [3.8, 4) is 0 Å². The molecule has 102 valence electrons. The zero-order chi connectivity index (χ0) is 12.8. The van der Waals surface area contributed by atoms with Crippen molar-refractivity contribution >= 4 is 6.09 Å². The highest BCUT2D eigenvalue weighted by Crippen LogP contribution is 1.91. The van der Waals surface area contributed by atoms with Gasteiger partial charge in [0.1, 0.15) is 0 Å². The van der Waals surface area contributed by atoms with Crippen LogP contribution in [0.2, 0.25) is 0 Å². The summed E-state index contributed by atoms with van der Waals surface area (Å²) in [4.78, 5) is 10.1. The normalized spacial score (nSPS) is 10.4. The molecule has 17 heavy (non-hydrogen) atoms. The second-order valence-electron chi connectivity index (χ2n) is 3.90. The lowest BCUT2D eigenvalue weighted by molar-refractivity contribution is 0.194. The maximum Gasteiger partial charge on any atom is 0.404 e. The number of hydrogen-bond acceptors (Lipinski definition) is 4. The van der Waals surface area contributed by atoms with Crippen molar-refractivity contribution in [1.82, 2.24) is 21.3 Å². The summed E-state index contributed by atoms with van der Waals surface area (Å²) in [6.45, 7) is 5.24. The lowest BCUT2D eigenvalue weighted by Gasteiger charge is -2.05. The Bertz CT molecular complexity index is 179. The Labute approximate surface area is 104 Å². The molecule has 0 saturated carbocycles. The van der Waals surface area contributed by atoms with Gasteiger partial charge in [0.2, 0.25) is 0 Å². The van der Waals surface area contributed by atoms with E-state index in [1.165, 1.54) is 12.8 Å². The number of carbonyl (C=O) groups is 1. The molecule has 0 fully saturated rings. The first-order valence-corrected chi connectivity index (χ1v) is 6.30. The maximum absolute atomic E-state index is 10.1. The average molecular weight is 246 g/mol. The molecule has 0 spiro atoms. The molecule has 1 amide bonds. The predicted molar refractivity (Wildman–Crippen MR) is 69.5 cm³/mol. The number of rotatable bonds is 12. The van der Waals surface area contributed by atoms with Crippen LogP contribution >= 0.6 is 0 Å². The molecule has 0 aliphatic carbocycles. The molecule has 0 aromatic rings. The lowest BCUT2D eigenvalue weighted by Crippen LogP contribution is -2.31. The summed E-state index contributed by atoms with van der Waals surface area (Å²) < 4.78 is 0. The van der Waals surface area contributed by atoms with Gasteiger partial charge in [-0.1, -0.05) is 6.42 Å². The Morgan fingerprint density at radius 2 is 1.47 bits per heavy atom. The van der Waals surface area contributed by atoms with E-state index < -0.39 is 6.09 Å². The van der Waals surface area contributed by atoms with Crippen molar-refractivity contribution in [2.24, 2.45) is 0 Å². The first-order valence-electron chi connectivity index (χ1n) is 6.30. The molecule has 5 N–H and O–H groups in total. The van der Waals surface area contributed by atoms with Crippen LogP contribution in [-0.4, -0.2) is 57.5 Å². The lowest BCUT2D eigenvalue weighted by atomic mass is 10.2. The molecule has 0 aromatic heterocycles. The van der Waals surface area contributed by atoms with Crippen LogP contribution in [0.4, 0.5) is 4.79 Å². The SMILES string of the molecule is CNCCNCCCCCNCCNC(=O)O. The van der Waals surface area contributed by atoms with E-state index in [4.69, 9.17) is 5.11 Å². The third-order valence-corrected chi connectivity index (χ3v) is 2.34. The van der Waals surface area contributed by atoms with Crippen molar-refractivity contribution in [1.29, 1.82) is 0 Å². The van der Waals surface area contributed by atoms with Crippen LogP contribution in [0.3, 0.4) is 0 Å². The highest BCUT2D eigenvalue weighted by Gasteiger charge is 1.93. The van der Waals surface area contributed by atoms with E-state index in [1.807, 2.05) is 7.05 Å². The van der Waals surface area contributed by atoms with E-state index in [9.17, 15) is 4.79 Å². The summed E-state index contributed by atoms with van der Waals surface area (Å²) in [5.41, 5.74) is 0. The summed E-state index contributed by atoms with van der Waals surface area (Å²) in [5.74, 6) is 0. The van der Waals surface area contributed by atoms with Gasteiger partial charge in [0.05, 0.1) is 0 Å². The van der Waals surface area contributed by atoms with Gasteiger partial charge in [-0.25, -0.2) is 4.79 Å². The van der Waals surface area contributed by atoms with E-state index >= 15 is 0 Å². The Balaban J connectivity index is 2.91. The summed E-state index contributed by atoms with van der Waals surface area (Å²) in [5, 5.41) is 20.3. The van der Waals surface area contributed by atoms with Crippen LogP contribution in [0.25, 0.3) is 0 Å². The van der Waals surface area contributed by atoms with E-state index in [0.717, 1.165) is 32.6 Å². The fraction of sp³-hybridized carbons (Fsp3) is 0.909. The minimum atomic E-state index is -0.959. The monoisotopic (exact) mass is 246 g/mol. The zero-order valence-corrected chi connectivity index (χ0v) is 10.7. The Morgan fingerprint density at radius 3 is 2.00 bits per heavy atom. The highest BCUT2D eigenvalue weighted by atomic mass is 16.4. The summed E-state index contributed by atoms with van der Waals surface area (Å²) in [7, 11) is 1.95. The van der Waals surface area contributed by atoms with Crippen molar-refractivity contribution in [2.75, 3.05) is 46.3 Å². The van der Waals surface area contributed by atoms with Gasteiger partial charge >= 0.3 is 6.09 Å². The van der Waals surface area contributed by atoms with Gasteiger partial charge in [0, 0.05) is 26.2 Å². The first-order chi connectivity index (χ1) is 8.27. The van der Waals surface area contributed by atoms with E-state index in [2.05, 4.69) is 21.3 Å². The fourth-order valence-electron chi connectivity index (χ4n) is 1.40. The number of hydrogen-bond donors (Lipinski definition) is 5. The Hall–Kier alpha value is -0.850. The quantitative estimate of drug-likeness (QED) is 0.309. The van der Waals surface area contributed by atoms with E-state index in [1.54, 1.807) is 0 Å². The number of likely N-dealkylation sites (N-methyl/N-ethyl adjacent to an activating group) is 1. The van der Waals surface area contributed by atoms with Crippen molar-refractivity contribution in [3.63, 3.8) is 0 Å². The van der Waals surface area contributed by atoms with Gasteiger partial charge in [-0.2, -0.15) is 0 Å². The van der Waals surface area contributed by atoms with Gasteiger partial charge in [0.25, 0.3) is 0 Å². The van der Waals surface area contributed by atoms with Crippen LogP contribution in [0.1, 0.15) is 19.3 Å². The smallest absolute Gasteiger partial charge is 0.404 e. The molecular formula is C11H26N4O2. The van der Waals surface area contributed by atoms with Gasteiger partial charge in [-0.15, -0.1) is 0 Å². The molecule has 0 radical (unpaired) electrons. The summed E-state index contributed by atoms with van der Waals surface area (Å²) in [6, 6.07) is 0. The van der Waals surface area contributed by atoms with Gasteiger partial charge in [-0.3, -0.25) is 0 Å². The average Bonchev–Trinajstić information content (AvgIpc) is 2.30. The largest absolute Gasteiger partial charge is 0.465 e. The molecule has 0 atom stereocenters. The van der Waals surface area contributed by atoms with Gasteiger partial charge in [0.15, 0.2) is 0 Å². The van der Waals surface area contributed by atoms with E-state index in [0.29, 0.717) is 13.1 Å². The highest BCUT2D eigenvalue weighted by molar-refractivity contribution is 5.64. The van der Waals surface area contributed by atoms with Crippen LogP contribution in [0.5, 0.6) is 0 Å². The minimum absolute atomic E-state index is 0.473. The Morgan fingerprint density at radius 1 is 0.882 bits per heavy atom. The number of unbranched alkanes of at least 4 members (excludes halogenated alkanes) is 2. The summed E-state index contributed by atoms with van der Waals surface area (Å²) >= 11 is 0. The molecule has 0 aliphatic rings. The second-order valence-corrected chi connectivity index (χ2v) is 3.90. The summed E-state index contributed by atoms with van der Waals surface area (Å²) in [6.07, 6.45) is 2.57. The number of carboxylic acid groups (broad SMARTS) is 1. The van der Waals surface area contributed by atoms with Crippen LogP contribution in [-0.2, 0) is 0 Å². The third-order valence-electron chi connectivity index (χ3n) is 2.34. The number of nitrogens with one attached hydrogen (secondary N) is 4. The molecule has 0 aliphatic heterocycles. The molecule has 0 rings (SSSR count). The molecule has 0 saturated heterocycles. The third kappa shape index (κ3) is 15.1. The van der Waals surface area contributed by atoms with Crippen LogP contribution in [0.15, 0.2) is 0 Å². The molecule has 0 bridgehead atoms. The minimum Gasteiger partial charge on any atom is -0.465 e. The first kappa shape index (κ1) is 16.1. The van der Waals surface area contributed by atoms with Gasteiger partial charge in [-0.05, 0) is 33.0 Å². The van der Waals surface area contributed by atoms with Crippen LogP contribution in [0, 0.1) is 0 Å². The zero-order valence-electron chi connectivity index (χ0n) is 10.7. The van der Waals surface area contributed by atoms with Crippen molar-refractivity contribution in [2.45, 2.75) is 19.3 Å². The topological polar surface area (TPSA) is 85.4 Å². The van der Waals surface area contributed by atoms with Gasteiger partial charge < -0.3 is 26.4 Å². The standard InChI is InChI=1S/C11H26N4O2/c1-12-7-8-13-5-3-2-4-6-14-9-10-15-11(16)17/h12-15H,2-10H2,1H3,(H,16,17). The van der Waals surface area contributed by atoms with Crippen LogP contribution < -0.4 is 21.3 Å². The van der Waals surface area contributed by atoms with Crippen molar-refractivity contribution in [3.05, 3.63) is 0 Å². The second kappa shape index (κ2) is 13.2. The number of amides is 1. The predicted octanol–water partition coefficient (Wildman–Crippen LogP) is -0.177.